The molecule has 2 aromatic heterocycles. The van der Waals surface area contributed by atoms with Crippen LogP contribution in [0.3, 0.4) is 0 Å². The van der Waals surface area contributed by atoms with Gasteiger partial charge >= 0.3 is 0 Å². The number of carbonyl (C=O) groups is 1. The van der Waals surface area contributed by atoms with Gasteiger partial charge in [0.1, 0.15) is 5.52 Å². The number of rotatable bonds is 1. The third-order valence-electron chi connectivity index (χ3n) is 5.77. The fourth-order valence-electron chi connectivity index (χ4n) is 4.40. The molecule has 140 valence electrons. The molecule has 0 fully saturated rings. The number of para-hydroxylation sites is 3. The second kappa shape index (κ2) is 5.88. The number of fused-ring (bicyclic) bond motifs is 5. The Kier molecular flexibility index (Phi) is 3.29. The number of aromatic amines is 1. The fraction of sp³-hybridized carbons (Fsp3) is 0.125. The molecule has 1 aliphatic rings. The topological polar surface area (TPSA) is 61.9 Å². The average Bonchev–Trinajstić information content (AvgIpc) is 3.27. The predicted octanol–water partition coefficient (Wildman–Crippen LogP) is 4.86. The molecule has 5 nitrogen and oxygen atoms in total. The highest BCUT2D eigenvalue weighted by atomic mass is 16.2. The van der Waals surface area contributed by atoms with Gasteiger partial charge in [0.2, 0.25) is 0 Å². The zero-order valence-electron chi connectivity index (χ0n) is 15.9. The van der Waals surface area contributed by atoms with E-state index in [1.807, 2.05) is 65.6 Å². The highest BCUT2D eigenvalue weighted by Gasteiger charge is 2.31. The van der Waals surface area contributed by atoms with Crippen molar-refractivity contribution in [1.29, 1.82) is 0 Å². The van der Waals surface area contributed by atoms with E-state index in [4.69, 9.17) is 9.97 Å². The van der Waals surface area contributed by atoms with Crippen LogP contribution in [0.2, 0.25) is 0 Å². The number of benzene rings is 3. The van der Waals surface area contributed by atoms with Crippen molar-refractivity contribution in [3.63, 3.8) is 0 Å². The quantitative estimate of drug-likeness (QED) is 0.453. The molecule has 1 N–H and O–H groups in total. The molecular weight excluding hydrogens is 360 g/mol. The van der Waals surface area contributed by atoms with E-state index >= 15 is 0 Å². The summed E-state index contributed by atoms with van der Waals surface area (Å²) < 4.78 is 0. The molecule has 0 unspecified atom stereocenters. The molecule has 0 saturated heterocycles. The summed E-state index contributed by atoms with van der Waals surface area (Å²) in [5.41, 5.74) is 7.06. The molecule has 29 heavy (non-hydrogen) atoms. The van der Waals surface area contributed by atoms with E-state index in [2.05, 4.69) is 18.0 Å². The Morgan fingerprint density at radius 2 is 1.76 bits per heavy atom. The van der Waals surface area contributed by atoms with Gasteiger partial charge < -0.3 is 9.88 Å². The Morgan fingerprint density at radius 3 is 2.62 bits per heavy atom. The second-order valence-corrected chi connectivity index (χ2v) is 7.65. The summed E-state index contributed by atoms with van der Waals surface area (Å²) >= 11 is 0. The van der Waals surface area contributed by atoms with Crippen LogP contribution >= 0.6 is 0 Å². The minimum absolute atomic E-state index is 0.0208. The highest BCUT2D eigenvalue weighted by Crippen LogP contribution is 2.34. The number of amides is 1. The van der Waals surface area contributed by atoms with Crippen LogP contribution in [0.25, 0.3) is 33.1 Å². The molecule has 5 aromatic rings. The minimum Gasteiger partial charge on any atom is -0.338 e. The number of H-pyrrole nitrogens is 1. The monoisotopic (exact) mass is 378 g/mol. The predicted molar refractivity (Wildman–Crippen MR) is 115 cm³/mol. The van der Waals surface area contributed by atoms with E-state index in [-0.39, 0.29) is 11.9 Å². The normalized spacial score (nSPS) is 16.0. The van der Waals surface area contributed by atoms with Gasteiger partial charge in [-0.1, -0.05) is 30.3 Å². The maximum Gasteiger partial charge on any atom is 0.258 e. The lowest BCUT2D eigenvalue weighted by Gasteiger charge is -2.22. The van der Waals surface area contributed by atoms with E-state index in [0.717, 1.165) is 45.2 Å². The second-order valence-electron chi connectivity index (χ2n) is 7.65. The average molecular weight is 378 g/mol. The van der Waals surface area contributed by atoms with Gasteiger partial charge in [-0.15, -0.1) is 0 Å². The molecule has 6 rings (SSSR count). The molecule has 1 amide bonds. The SMILES string of the molecule is C[C@H]1Cc2ccccc2N1C(=O)c1ccc2[nH]c3nc4ccccc4nc3c2c1. The molecule has 1 aliphatic heterocycles. The van der Waals surface area contributed by atoms with Gasteiger partial charge in [0.05, 0.1) is 11.0 Å². The lowest BCUT2D eigenvalue weighted by atomic mass is 10.1. The maximum atomic E-state index is 13.4. The molecule has 0 bridgehead atoms. The van der Waals surface area contributed by atoms with Crippen LogP contribution in [0.15, 0.2) is 66.7 Å². The molecule has 3 heterocycles. The third-order valence-corrected chi connectivity index (χ3v) is 5.77. The molecule has 0 saturated carbocycles. The van der Waals surface area contributed by atoms with Crippen molar-refractivity contribution in [2.75, 3.05) is 4.90 Å². The molecular formula is C24H18N4O. The summed E-state index contributed by atoms with van der Waals surface area (Å²) in [6.45, 7) is 2.10. The van der Waals surface area contributed by atoms with Crippen molar-refractivity contribution < 1.29 is 4.79 Å². The van der Waals surface area contributed by atoms with Crippen molar-refractivity contribution in [3.05, 3.63) is 77.9 Å². The van der Waals surface area contributed by atoms with E-state index in [0.29, 0.717) is 5.56 Å². The van der Waals surface area contributed by atoms with Crippen molar-refractivity contribution in [3.8, 4) is 0 Å². The lowest BCUT2D eigenvalue weighted by Crippen LogP contribution is -2.35. The molecule has 1 atom stereocenters. The van der Waals surface area contributed by atoms with Crippen molar-refractivity contribution >= 4 is 44.7 Å². The highest BCUT2D eigenvalue weighted by molar-refractivity contribution is 6.12. The zero-order chi connectivity index (χ0) is 19.5. The first-order chi connectivity index (χ1) is 14.2. The van der Waals surface area contributed by atoms with E-state index in [1.165, 1.54) is 5.56 Å². The van der Waals surface area contributed by atoms with Crippen LogP contribution < -0.4 is 4.90 Å². The van der Waals surface area contributed by atoms with Crippen molar-refractivity contribution in [2.45, 2.75) is 19.4 Å². The summed E-state index contributed by atoms with van der Waals surface area (Å²) in [5.74, 6) is 0.0208. The first-order valence-electron chi connectivity index (χ1n) is 9.79. The van der Waals surface area contributed by atoms with Gasteiger partial charge in [0.25, 0.3) is 5.91 Å². The van der Waals surface area contributed by atoms with Crippen LogP contribution in [0, 0.1) is 0 Å². The van der Waals surface area contributed by atoms with Crippen molar-refractivity contribution in [2.24, 2.45) is 0 Å². The van der Waals surface area contributed by atoms with Gasteiger partial charge in [-0.25, -0.2) is 9.97 Å². The molecule has 0 aliphatic carbocycles. The molecule has 0 radical (unpaired) electrons. The van der Waals surface area contributed by atoms with E-state index < -0.39 is 0 Å². The Labute approximate surface area is 167 Å². The number of carbonyl (C=O) groups excluding carboxylic acids is 1. The van der Waals surface area contributed by atoms with E-state index in [1.54, 1.807) is 0 Å². The van der Waals surface area contributed by atoms with Gasteiger partial charge in [-0.2, -0.15) is 0 Å². The van der Waals surface area contributed by atoms with Gasteiger partial charge in [0, 0.05) is 28.2 Å². The summed E-state index contributed by atoms with van der Waals surface area (Å²) in [6, 6.07) is 21.9. The Hall–Kier alpha value is -3.73. The van der Waals surface area contributed by atoms with Gasteiger partial charge in [-0.05, 0) is 55.3 Å². The van der Waals surface area contributed by atoms with Crippen LogP contribution in [-0.2, 0) is 6.42 Å². The standard InChI is InChI=1S/C24H18N4O/c1-14-12-15-6-2-5-9-21(15)28(14)24(29)16-10-11-18-17(13-16)22-23(26-18)27-20-8-4-3-7-19(20)25-22/h2-11,13-14H,12H2,1H3,(H,26,27)/t14-/m0/s1. The molecule has 0 spiro atoms. The van der Waals surface area contributed by atoms with Crippen LogP contribution in [-0.4, -0.2) is 26.9 Å². The van der Waals surface area contributed by atoms with Crippen LogP contribution in [0.5, 0.6) is 0 Å². The summed E-state index contributed by atoms with van der Waals surface area (Å²) in [5, 5.41) is 0.921. The minimum atomic E-state index is 0.0208. The van der Waals surface area contributed by atoms with Gasteiger partial charge in [0.15, 0.2) is 5.65 Å². The molecule has 3 aromatic carbocycles. The number of hydrogen-bond acceptors (Lipinski definition) is 3. The van der Waals surface area contributed by atoms with Gasteiger partial charge in [-0.3, -0.25) is 4.79 Å². The first-order valence-corrected chi connectivity index (χ1v) is 9.79. The first kappa shape index (κ1) is 16.2. The Morgan fingerprint density at radius 1 is 1.00 bits per heavy atom. The Balaban J connectivity index is 1.51. The lowest BCUT2D eigenvalue weighted by molar-refractivity contribution is 0.0981. The summed E-state index contributed by atoms with van der Waals surface area (Å²) in [6.07, 6.45) is 0.884. The number of hydrogen-bond donors (Lipinski definition) is 1. The smallest absolute Gasteiger partial charge is 0.258 e. The van der Waals surface area contributed by atoms with E-state index in [9.17, 15) is 4.79 Å². The van der Waals surface area contributed by atoms with Crippen molar-refractivity contribution in [1.82, 2.24) is 15.0 Å². The number of nitrogens with one attached hydrogen (secondary N) is 1. The van der Waals surface area contributed by atoms with Crippen LogP contribution in [0.1, 0.15) is 22.8 Å². The number of nitrogens with zero attached hydrogens (tertiary/aromatic N) is 3. The number of anilines is 1. The number of aromatic nitrogens is 3. The molecule has 5 heteroatoms. The zero-order valence-corrected chi connectivity index (χ0v) is 15.9. The fourth-order valence-corrected chi connectivity index (χ4v) is 4.40. The summed E-state index contributed by atoms with van der Waals surface area (Å²) in [4.78, 5) is 28.1. The Bertz CT molecular complexity index is 1440. The summed E-state index contributed by atoms with van der Waals surface area (Å²) in [7, 11) is 0. The van der Waals surface area contributed by atoms with Crippen LogP contribution in [0.4, 0.5) is 5.69 Å². The largest absolute Gasteiger partial charge is 0.338 e. The third kappa shape index (κ3) is 2.37. The maximum absolute atomic E-state index is 13.4.